The first kappa shape index (κ1) is 23.4. The van der Waals surface area contributed by atoms with Crippen LogP contribution >= 0.6 is 0 Å². The summed E-state index contributed by atoms with van der Waals surface area (Å²) in [6.45, 7) is 20.7. The summed E-state index contributed by atoms with van der Waals surface area (Å²) in [4.78, 5) is 0. The van der Waals surface area contributed by atoms with Gasteiger partial charge in [-0.2, -0.15) is 0 Å². The van der Waals surface area contributed by atoms with Crippen LogP contribution in [0.2, 0.25) is 36.3 Å². The van der Waals surface area contributed by atoms with Crippen LogP contribution in [0.5, 0.6) is 0 Å². The first-order chi connectivity index (χ1) is 12.4. The average molecular weight is 393 g/mol. The highest BCUT2D eigenvalue weighted by molar-refractivity contribution is 6.90. The van der Waals surface area contributed by atoms with Gasteiger partial charge in [-0.05, 0) is 22.2 Å². The van der Waals surface area contributed by atoms with Crippen LogP contribution in [0.4, 0.5) is 0 Å². The molecule has 0 aliphatic carbocycles. The minimum absolute atomic E-state index is 0.571. The lowest BCUT2D eigenvalue weighted by atomic mass is 9.83. The summed E-state index contributed by atoms with van der Waals surface area (Å²) < 4.78 is 0. The molecule has 0 heterocycles. The number of hydrogen-bond donors (Lipinski definition) is 0. The molecular weight excluding hydrogens is 356 g/mol. The van der Waals surface area contributed by atoms with Gasteiger partial charge in [-0.15, -0.1) is 17.5 Å². The van der Waals surface area contributed by atoms with Crippen molar-refractivity contribution in [2.75, 3.05) is 0 Å². The number of hydrogen-bond acceptors (Lipinski definition) is 0. The summed E-state index contributed by atoms with van der Waals surface area (Å²) in [6, 6.07) is 10.2. The van der Waals surface area contributed by atoms with E-state index in [0.717, 1.165) is 5.56 Å². The van der Waals surface area contributed by atoms with Crippen molar-refractivity contribution in [2.45, 2.75) is 83.2 Å². The van der Waals surface area contributed by atoms with Gasteiger partial charge in [-0.25, -0.2) is 0 Å². The third-order valence-corrected chi connectivity index (χ3v) is 12.5. The van der Waals surface area contributed by atoms with Crippen molar-refractivity contribution in [3.8, 4) is 35.3 Å². The van der Waals surface area contributed by atoms with E-state index in [2.05, 4.69) is 102 Å². The topological polar surface area (TPSA) is 0 Å². The number of benzene rings is 1. The maximum Gasteiger partial charge on any atom is 0.175 e. The SMILES string of the molecule is C#C[C@@](C#C[Si](C)(C)C)(C#C[Si](C(C)C)(C(C)C)C(C)C)c1ccccc1. The second-order valence-corrected chi connectivity index (χ2v) is 19.7. The summed E-state index contributed by atoms with van der Waals surface area (Å²) in [5.41, 5.74) is 9.22. The molecule has 1 aromatic carbocycles. The first-order valence-electron chi connectivity index (χ1n) is 10.0. The second kappa shape index (κ2) is 9.02. The maximum atomic E-state index is 6.10. The lowest BCUT2D eigenvalue weighted by Gasteiger charge is -2.38. The third kappa shape index (κ3) is 5.42. The molecule has 0 N–H and O–H groups in total. The van der Waals surface area contributed by atoms with Crippen LogP contribution in [-0.2, 0) is 5.41 Å². The molecule has 2 heteroatoms. The summed E-state index contributed by atoms with van der Waals surface area (Å²) in [5, 5.41) is 0. The van der Waals surface area contributed by atoms with E-state index in [9.17, 15) is 0 Å². The van der Waals surface area contributed by atoms with Gasteiger partial charge in [-0.1, -0.05) is 109 Å². The van der Waals surface area contributed by atoms with Crippen molar-refractivity contribution in [1.29, 1.82) is 0 Å². The molecule has 0 saturated heterocycles. The Kier molecular flexibility index (Phi) is 7.80. The van der Waals surface area contributed by atoms with Crippen LogP contribution in [0.1, 0.15) is 47.1 Å². The number of rotatable bonds is 4. The van der Waals surface area contributed by atoms with E-state index in [1.807, 2.05) is 18.2 Å². The Bertz CT molecular complexity index is 759. The largest absolute Gasteiger partial charge is 0.175 e. The Morgan fingerprint density at radius 3 is 1.59 bits per heavy atom. The Hall–Kier alpha value is -1.67. The lowest BCUT2D eigenvalue weighted by molar-refractivity contribution is 0.837. The van der Waals surface area contributed by atoms with Crippen molar-refractivity contribution in [3.63, 3.8) is 0 Å². The highest BCUT2D eigenvalue weighted by atomic mass is 28.3. The minimum Gasteiger partial charge on any atom is -0.129 e. The molecule has 1 rings (SSSR count). The Morgan fingerprint density at radius 1 is 0.778 bits per heavy atom. The monoisotopic (exact) mass is 392 g/mol. The molecule has 0 amide bonds. The minimum atomic E-state index is -1.87. The molecule has 0 spiro atoms. The van der Waals surface area contributed by atoms with E-state index in [4.69, 9.17) is 6.42 Å². The Morgan fingerprint density at radius 2 is 1.22 bits per heavy atom. The summed E-state index contributed by atoms with van der Waals surface area (Å²) in [5.74, 6) is 10.0. The third-order valence-electron chi connectivity index (χ3n) is 5.38. The summed E-state index contributed by atoms with van der Waals surface area (Å²) >= 11 is 0. The smallest absolute Gasteiger partial charge is 0.129 e. The molecule has 0 saturated carbocycles. The molecule has 27 heavy (non-hydrogen) atoms. The van der Waals surface area contributed by atoms with E-state index in [1.165, 1.54) is 0 Å². The fourth-order valence-corrected chi connectivity index (χ4v) is 9.77. The molecule has 0 nitrogen and oxygen atoms in total. The zero-order valence-corrected chi connectivity index (χ0v) is 20.7. The highest BCUT2D eigenvalue weighted by Gasteiger charge is 2.42. The highest BCUT2D eigenvalue weighted by Crippen LogP contribution is 2.41. The van der Waals surface area contributed by atoms with Crippen molar-refractivity contribution in [1.82, 2.24) is 0 Å². The van der Waals surface area contributed by atoms with Gasteiger partial charge >= 0.3 is 0 Å². The van der Waals surface area contributed by atoms with E-state index in [0.29, 0.717) is 16.6 Å². The van der Waals surface area contributed by atoms with Gasteiger partial charge < -0.3 is 0 Å². The lowest BCUT2D eigenvalue weighted by Crippen LogP contribution is -2.43. The molecule has 0 bridgehead atoms. The van der Waals surface area contributed by atoms with Gasteiger partial charge in [-0.3, -0.25) is 0 Å². The Balaban J connectivity index is 3.76. The predicted octanol–water partition coefficient (Wildman–Crippen LogP) is 6.66. The molecule has 0 fully saturated rings. The van der Waals surface area contributed by atoms with Crippen molar-refractivity contribution in [3.05, 3.63) is 35.9 Å². The number of terminal acetylenes is 1. The Labute approximate surface area is 170 Å². The van der Waals surface area contributed by atoms with Crippen LogP contribution in [0.25, 0.3) is 0 Å². The van der Waals surface area contributed by atoms with Gasteiger partial charge in [0, 0.05) is 0 Å². The van der Waals surface area contributed by atoms with Gasteiger partial charge in [0.1, 0.15) is 16.1 Å². The molecule has 0 aliphatic heterocycles. The molecule has 0 aromatic heterocycles. The van der Waals surface area contributed by atoms with Crippen LogP contribution in [0, 0.1) is 35.3 Å². The average Bonchev–Trinajstić information content (AvgIpc) is 2.57. The zero-order valence-electron chi connectivity index (χ0n) is 18.7. The van der Waals surface area contributed by atoms with E-state index >= 15 is 0 Å². The molecule has 1 aromatic rings. The van der Waals surface area contributed by atoms with Gasteiger partial charge in [0.15, 0.2) is 5.41 Å². The van der Waals surface area contributed by atoms with Gasteiger partial charge in [0.25, 0.3) is 0 Å². The van der Waals surface area contributed by atoms with E-state index < -0.39 is 21.6 Å². The first-order valence-corrected chi connectivity index (χ1v) is 15.8. The van der Waals surface area contributed by atoms with Crippen molar-refractivity contribution >= 4 is 16.1 Å². The zero-order chi connectivity index (χ0) is 20.9. The summed E-state index contributed by atoms with van der Waals surface area (Å²) in [7, 11) is -3.44. The van der Waals surface area contributed by atoms with Crippen LogP contribution < -0.4 is 0 Å². The predicted molar refractivity (Wildman–Crippen MR) is 127 cm³/mol. The van der Waals surface area contributed by atoms with Gasteiger partial charge in [0.05, 0.1) is 0 Å². The molecule has 0 unspecified atom stereocenters. The second-order valence-electron chi connectivity index (χ2n) is 9.41. The standard InChI is InChI=1S/C25H36Si2/c1-11-25(17-19-26(8,9)10,24-15-13-12-14-16-24)18-20-27(21(2)3,22(4)5)23(6)7/h1,12-16,21-23H,2-10H3/t25-/m1/s1. The van der Waals surface area contributed by atoms with Crippen LogP contribution in [0.15, 0.2) is 30.3 Å². The van der Waals surface area contributed by atoms with Gasteiger partial charge in [0.2, 0.25) is 0 Å². The fraction of sp³-hybridized carbons (Fsp3) is 0.520. The maximum absolute atomic E-state index is 6.10. The van der Waals surface area contributed by atoms with Crippen LogP contribution in [0.3, 0.4) is 0 Å². The van der Waals surface area contributed by atoms with E-state index in [1.54, 1.807) is 0 Å². The molecule has 1 atom stereocenters. The summed E-state index contributed by atoms with van der Waals surface area (Å²) in [6.07, 6.45) is 6.10. The molecule has 0 aliphatic rings. The molecule has 0 radical (unpaired) electrons. The van der Waals surface area contributed by atoms with Crippen molar-refractivity contribution < 1.29 is 0 Å². The fourth-order valence-electron chi connectivity index (χ4n) is 3.94. The van der Waals surface area contributed by atoms with E-state index in [-0.39, 0.29) is 0 Å². The van der Waals surface area contributed by atoms with Crippen LogP contribution in [-0.4, -0.2) is 16.1 Å². The quantitative estimate of drug-likeness (QED) is 0.397. The normalized spacial score (nSPS) is 14.0. The molecule has 144 valence electrons. The molecular formula is C25H36Si2. The van der Waals surface area contributed by atoms with Crippen molar-refractivity contribution in [2.24, 2.45) is 0 Å².